The minimum atomic E-state index is 0.246. The lowest BCUT2D eigenvalue weighted by Gasteiger charge is -2.19. The van der Waals surface area contributed by atoms with E-state index < -0.39 is 0 Å². The quantitative estimate of drug-likeness (QED) is 0.673. The highest BCUT2D eigenvalue weighted by molar-refractivity contribution is 5.46. The van der Waals surface area contributed by atoms with Crippen LogP contribution in [0.1, 0.15) is 36.0 Å². The molecule has 3 rings (SSSR count). The van der Waals surface area contributed by atoms with E-state index in [9.17, 15) is 0 Å². The van der Waals surface area contributed by atoms with Gasteiger partial charge in [-0.25, -0.2) is 0 Å². The van der Waals surface area contributed by atoms with Gasteiger partial charge in [-0.3, -0.25) is 9.97 Å². The predicted octanol–water partition coefficient (Wildman–Crippen LogP) is 3.61. The van der Waals surface area contributed by atoms with E-state index in [-0.39, 0.29) is 6.10 Å². The SMILES string of the molecule is CCc1cc(C)cc(CC2CNCC2OCCC=Cc2cc(OC)ccn2)n1. The molecule has 1 aliphatic heterocycles. The van der Waals surface area contributed by atoms with Crippen LogP contribution in [0.15, 0.2) is 36.5 Å². The van der Waals surface area contributed by atoms with Crippen LogP contribution in [-0.2, 0) is 17.6 Å². The predicted molar refractivity (Wildman–Crippen MR) is 113 cm³/mol. The average molecular weight is 382 g/mol. The van der Waals surface area contributed by atoms with Crippen molar-refractivity contribution in [2.24, 2.45) is 5.92 Å². The smallest absolute Gasteiger partial charge is 0.122 e. The van der Waals surface area contributed by atoms with Gasteiger partial charge in [-0.15, -0.1) is 0 Å². The van der Waals surface area contributed by atoms with Crippen LogP contribution in [0.4, 0.5) is 0 Å². The van der Waals surface area contributed by atoms with E-state index in [0.717, 1.165) is 43.8 Å². The molecule has 1 saturated heterocycles. The standard InChI is InChI=1S/C23H31N3O2/c1-4-19-11-17(2)12-21(26-19)13-18-15-24-16-23(18)28-10-6-5-7-20-14-22(27-3)8-9-25-20/h5,7-9,11-12,14,18,23-24H,4,6,10,13,15-16H2,1-3H3. The first-order chi connectivity index (χ1) is 13.7. The van der Waals surface area contributed by atoms with Crippen LogP contribution in [0.5, 0.6) is 5.75 Å². The fourth-order valence-electron chi connectivity index (χ4n) is 3.62. The molecule has 0 bridgehead atoms. The minimum Gasteiger partial charge on any atom is -0.497 e. The van der Waals surface area contributed by atoms with Gasteiger partial charge < -0.3 is 14.8 Å². The third-order valence-corrected chi connectivity index (χ3v) is 5.08. The highest BCUT2D eigenvalue weighted by atomic mass is 16.5. The maximum absolute atomic E-state index is 6.17. The van der Waals surface area contributed by atoms with E-state index >= 15 is 0 Å². The Bertz CT molecular complexity index is 791. The van der Waals surface area contributed by atoms with Gasteiger partial charge in [0.2, 0.25) is 0 Å². The Morgan fingerprint density at radius 3 is 2.89 bits per heavy atom. The summed E-state index contributed by atoms with van der Waals surface area (Å²) in [5.41, 5.74) is 4.55. The molecule has 2 aromatic heterocycles. The van der Waals surface area contributed by atoms with Gasteiger partial charge >= 0.3 is 0 Å². The van der Waals surface area contributed by atoms with Crippen LogP contribution in [0.2, 0.25) is 0 Å². The molecule has 2 atom stereocenters. The normalized spacial score (nSPS) is 19.4. The maximum atomic E-state index is 6.17. The van der Waals surface area contributed by atoms with Crippen LogP contribution in [0.3, 0.4) is 0 Å². The number of rotatable bonds is 9. The number of nitrogens with one attached hydrogen (secondary N) is 1. The van der Waals surface area contributed by atoms with Gasteiger partial charge in [-0.1, -0.05) is 13.0 Å². The second-order valence-corrected chi connectivity index (χ2v) is 7.32. The second-order valence-electron chi connectivity index (χ2n) is 7.32. The lowest BCUT2D eigenvalue weighted by Crippen LogP contribution is -2.25. The van der Waals surface area contributed by atoms with Crippen molar-refractivity contribution in [1.29, 1.82) is 0 Å². The van der Waals surface area contributed by atoms with E-state index in [0.29, 0.717) is 12.5 Å². The summed E-state index contributed by atoms with van der Waals surface area (Å²) in [4.78, 5) is 9.11. The Morgan fingerprint density at radius 2 is 2.07 bits per heavy atom. The summed E-state index contributed by atoms with van der Waals surface area (Å²) in [6.45, 7) is 6.92. The number of aryl methyl sites for hydroxylation is 2. The fourth-order valence-corrected chi connectivity index (χ4v) is 3.62. The molecule has 0 saturated carbocycles. The number of aromatic nitrogens is 2. The number of hydrogen-bond acceptors (Lipinski definition) is 5. The van der Waals surface area contributed by atoms with E-state index in [1.54, 1.807) is 13.3 Å². The van der Waals surface area contributed by atoms with Crippen molar-refractivity contribution in [3.05, 3.63) is 59.2 Å². The zero-order valence-electron chi connectivity index (χ0n) is 17.1. The third kappa shape index (κ3) is 5.88. The van der Waals surface area contributed by atoms with Gasteiger partial charge in [-0.05, 0) is 56.0 Å². The van der Waals surface area contributed by atoms with Crippen molar-refractivity contribution in [2.75, 3.05) is 26.8 Å². The topological polar surface area (TPSA) is 56.3 Å². The first-order valence-corrected chi connectivity index (χ1v) is 10.1. The summed E-state index contributed by atoms with van der Waals surface area (Å²) >= 11 is 0. The molecule has 150 valence electrons. The molecule has 0 amide bonds. The van der Waals surface area contributed by atoms with Gasteiger partial charge in [0.05, 0.1) is 25.5 Å². The third-order valence-electron chi connectivity index (χ3n) is 5.08. The Balaban J connectivity index is 1.47. The summed E-state index contributed by atoms with van der Waals surface area (Å²) in [5.74, 6) is 1.30. The van der Waals surface area contributed by atoms with Crippen LogP contribution >= 0.6 is 0 Å². The van der Waals surface area contributed by atoms with E-state index in [1.165, 1.54) is 17.0 Å². The molecule has 5 nitrogen and oxygen atoms in total. The first-order valence-electron chi connectivity index (χ1n) is 10.1. The first kappa shape index (κ1) is 20.5. The molecule has 28 heavy (non-hydrogen) atoms. The van der Waals surface area contributed by atoms with E-state index in [1.807, 2.05) is 18.2 Å². The lowest BCUT2D eigenvalue weighted by molar-refractivity contribution is 0.0407. The molecule has 2 unspecified atom stereocenters. The largest absolute Gasteiger partial charge is 0.497 e. The van der Waals surface area contributed by atoms with Crippen LogP contribution < -0.4 is 10.1 Å². The van der Waals surface area contributed by atoms with Gasteiger partial charge in [-0.2, -0.15) is 0 Å². The molecule has 5 heteroatoms. The number of nitrogens with zero attached hydrogens (tertiary/aromatic N) is 2. The fraction of sp³-hybridized carbons (Fsp3) is 0.478. The minimum absolute atomic E-state index is 0.246. The van der Waals surface area contributed by atoms with Crippen LogP contribution in [0, 0.1) is 12.8 Å². The maximum Gasteiger partial charge on any atom is 0.122 e. The molecule has 1 aliphatic rings. The molecule has 0 radical (unpaired) electrons. The number of pyridine rings is 2. The summed E-state index contributed by atoms with van der Waals surface area (Å²) in [6, 6.07) is 8.15. The second kappa shape index (κ2) is 10.3. The van der Waals surface area contributed by atoms with Gasteiger partial charge in [0.25, 0.3) is 0 Å². The number of ether oxygens (including phenoxy) is 2. The monoisotopic (exact) mass is 381 g/mol. The Labute approximate surface area is 168 Å². The van der Waals surface area contributed by atoms with E-state index in [2.05, 4.69) is 42.4 Å². The molecule has 0 aliphatic carbocycles. The van der Waals surface area contributed by atoms with Crippen molar-refractivity contribution < 1.29 is 9.47 Å². The van der Waals surface area contributed by atoms with Gasteiger partial charge in [0.15, 0.2) is 0 Å². The Hall–Kier alpha value is -2.24. The zero-order valence-corrected chi connectivity index (χ0v) is 17.1. The molecule has 0 aromatic carbocycles. The van der Waals surface area contributed by atoms with Crippen molar-refractivity contribution in [3.63, 3.8) is 0 Å². The number of hydrogen-bond donors (Lipinski definition) is 1. The van der Waals surface area contributed by atoms with Crippen LogP contribution in [0.25, 0.3) is 6.08 Å². The van der Waals surface area contributed by atoms with E-state index in [4.69, 9.17) is 14.5 Å². The summed E-state index contributed by atoms with van der Waals surface area (Å²) in [7, 11) is 1.66. The lowest BCUT2D eigenvalue weighted by atomic mass is 9.98. The van der Waals surface area contributed by atoms with Gasteiger partial charge in [0.1, 0.15) is 5.75 Å². The summed E-state index contributed by atoms with van der Waals surface area (Å²) in [5, 5.41) is 3.47. The Kier molecular flexibility index (Phi) is 7.57. The van der Waals surface area contributed by atoms with Crippen molar-refractivity contribution in [3.8, 4) is 5.75 Å². The highest BCUT2D eigenvalue weighted by Crippen LogP contribution is 2.19. The molecule has 1 N–H and O–H groups in total. The molecule has 3 heterocycles. The van der Waals surface area contributed by atoms with Crippen LogP contribution in [-0.4, -0.2) is 42.9 Å². The summed E-state index contributed by atoms with van der Waals surface area (Å²) < 4.78 is 11.4. The number of methoxy groups -OCH3 is 1. The molecule has 1 fully saturated rings. The Morgan fingerprint density at radius 1 is 1.21 bits per heavy atom. The summed E-state index contributed by atoms with van der Waals surface area (Å²) in [6.07, 6.45) is 8.93. The average Bonchev–Trinajstić information content (AvgIpc) is 3.14. The molecule has 2 aromatic rings. The zero-order chi connectivity index (χ0) is 19.8. The molecule has 0 spiro atoms. The van der Waals surface area contributed by atoms with Crippen molar-refractivity contribution >= 4 is 6.08 Å². The molecular formula is C23H31N3O2. The van der Waals surface area contributed by atoms with Crippen molar-refractivity contribution in [1.82, 2.24) is 15.3 Å². The van der Waals surface area contributed by atoms with Gasteiger partial charge in [0, 0.05) is 42.7 Å². The highest BCUT2D eigenvalue weighted by Gasteiger charge is 2.28. The van der Waals surface area contributed by atoms with Crippen molar-refractivity contribution in [2.45, 2.75) is 39.2 Å². The molecular weight excluding hydrogens is 350 g/mol.